The monoisotopic (exact) mass is 311 g/mol. The highest BCUT2D eigenvalue weighted by molar-refractivity contribution is 6.30. The van der Waals surface area contributed by atoms with Crippen molar-refractivity contribution in [1.29, 1.82) is 0 Å². The second kappa shape index (κ2) is 8.64. The van der Waals surface area contributed by atoms with Crippen LogP contribution in [0.2, 0.25) is 5.02 Å². The molecule has 6 heteroatoms. The molecule has 0 saturated carbocycles. The largest absolute Gasteiger partial charge is 0.353 e. The van der Waals surface area contributed by atoms with E-state index in [4.69, 9.17) is 11.6 Å². The number of likely N-dealkylation sites (N-methyl/N-ethyl adjacent to an activating group) is 1. The fourth-order valence-corrected chi connectivity index (χ4v) is 1.83. The van der Waals surface area contributed by atoms with Gasteiger partial charge in [-0.05, 0) is 44.7 Å². The first kappa shape index (κ1) is 17.5. The van der Waals surface area contributed by atoms with Crippen molar-refractivity contribution in [3.8, 4) is 0 Å². The van der Waals surface area contributed by atoms with Crippen LogP contribution < -0.4 is 10.6 Å². The van der Waals surface area contributed by atoms with Crippen molar-refractivity contribution >= 4 is 29.1 Å². The highest BCUT2D eigenvalue weighted by Gasteiger charge is 2.12. The third-order valence-electron chi connectivity index (χ3n) is 2.97. The number of amides is 2. The number of benzene rings is 1. The van der Waals surface area contributed by atoms with Gasteiger partial charge in [-0.25, -0.2) is 0 Å². The van der Waals surface area contributed by atoms with Crippen LogP contribution in [0.1, 0.15) is 20.3 Å². The molecule has 1 aromatic carbocycles. The Hall–Kier alpha value is -1.59. The van der Waals surface area contributed by atoms with E-state index in [9.17, 15) is 9.59 Å². The number of nitrogens with zero attached hydrogens (tertiary/aromatic N) is 1. The van der Waals surface area contributed by atoms with Crippen molar-refractivity contribution in [3.05, 3.63) is 29.3 Å². The molecule has 5 nitrogen and oxygen atoms in total. The van der Waals surface area contributed by atoms with Gasteiger partial charge < -0.3 is 10.6 Å². The van der Waals surface area contributed by atoms with Gasteiger partial charge in [0.05, 0.1) is 13.1 Å². The molecule has 2 N–H and O–H groups in total. The van der Waals surface area contributed by atoms with Gasteiger partial charge in [-0.2, -0.15) is 0 Å². The SMILES string of the molecule is CCC(C)NC(=O)CN(C)CC(=O)Nc1ccc(Cl)cc1. The van der Waals surface area contributed by atoms with E-state index < -0.39 is 0 Å². The number of carbonyl (C=O) groups is 2. The predicted octanol–water partition coefficient (Wildman–Crippen LogP) is 2.12. The van der Waals surface area contributed by atoms with Crippen LogP contribution in [-0.2, 0) is 9.59 Å². The summed E-state index contributed by atoms with van der Waals surface area (Å²) in [7, 11) is 1.73. The number of hydrogen-bond donors (Lipinski definition) is 2. The summed E-state index contributed by atoms with van der Waals surface area (Å²) >= 11 is 5.78. The lowest BCUT2D eigenvalue weighted by Crippen LogP contribution is -2.41. The first-order valence-corrected chi connectivity index (χ1v) is 7.31. The van der Waals surface area contributed by atoms with Gasteiger partial charge in [0.15, 0.2) is 0 Å². The van der Waals surface area contributed by atoms with Crippen molar-refractivity contribution in [3.63, 3.8) is 0 Å². The van der Waals surface area contributed by atoms with Crippen LogP contribution in [0.15, 0.2) is 24.3 Å². The molecule has 0 aliphatic carbocycles. The van der Waals surface area contributed by atoms with Crippen LogP contribution >= 0.6 is 11.6 Å². The smallest absolute Gasteiger partial charge is 0.238 e. The molecule has 21 heavy (non-hydrogen) atoms. The third kappa shape index (κ3) is 7.11. The first-order valence-electron chi connectivity index (χ1n) is 6.94. The van der Waals surface area contributed by atoms with Gasteiger partial charge in [0.1, 0.15) is 0 Å². The molecule has 0 saturated heterocycles. The van der Waals surface area contributed by atoms with Gasteiger partial charge >= 0.3 is 0 Å². The molecule has 0 bridgehead atoms. The standard InChI is InChI=1S/C15H22ClN3O2/c1-4-11(2)17-14(20)9-19(3)10-15(21)18-13-7-5-12(16)6-8-13/h5-8,11H,4,9-10H2,1-3H3,(H,17,20)(H,18,21). The Labute approximate surface area is 130 Å². The second-order valence-electron chi connectivity index (χ2n) is 5.10. The molecule has 0 radical (unpaired) electrons. The Morgan fingerprint density at radius 1 is 1.19 bits per heavy atom. The molecule has 1 aromatic rings. The Bertz CT molecular complexity index is 476. The average molecular weight is 312 g/mol. The van der Waals surface area contributed by atoms with Crippen LogP contribution in [-0.4, -0.2) is 42.9 Å². The fraction of sp³-hybridized carbons (Fsp3) is 0.467. The van der Waals surface area contributed by atoms with Gasteiger partial charge in [0, 0.05) is 16.8 Å². The van der Waals surface area contributed by atoms with Crippen LogP contribution in [0, 0.1) is 0 Å². The summed E-state index contributed by atoms with van der Waals surface area (Å²) in [5.41, 5.74) is 0.682. The lowest BCUT2D eigenvalue weighted by Gasteiger charge is -2.18. The van der Waals surface area contributed by atoms with Gasteiger partial charge in [0.25, 0.3) is 0 Å². The maximum absolute atomic E-state index is 11.9. The van der Waals surface area contributed by atoms with E-state index in [1.807, 2.05) is 13.8 Å². The molecule has 2 amide bonds. The summed E-state index contributed by atoms with van der Waals surface area (Å²) in [6.45, 7) is 4.30. The summed E-state index contributed by atoms with van der Waals surface area (Å²) < 4.78 is 0. The van der Waals surface area contributed by atoms with Gasteiger partial charge in [-0.15, -0.1) is 0 Å². The van der Waals surface area contributed by atoms with E-state index in [0.29, 0.717) is 10.7 Å². The highest BCUT2D eigenvalue weighted by Crippen LogP contribution is 2.13. The molecule has 0 aliphatic heterocycles. The Morgan fingerprint density at radius 3 is 2.33 bits per heavy atom. The second-order valence-corrected chi connectivity index (χ2v) is 5.54. The molecule has 1 unspecified atom stereocenters. The maximum atomic E-state index is 11.9. The Kier molecular flexibility index (Phi) is 7.19. The summed E-state index contributed by atoms with van der Waals surface area (Å²) in [6, 6.07) is 7.03. The third-order valence-corrected chi connectivity index (χ3v) is 3.23. The van der Waals surface area contributed by atoms with E-state index in [0.717, 1.165) is 6.42 Å². The lowest BCUT2D eigenvalue weighted by molar-refractivity contribution is -0.123. The molecule has 0 aromatic heterocycles. The number of nitrogens with one attached hydrogen (secondary N) is 2. The van der Waals surface area contributed by atoms with Crippen molar-refractivity contribution < 1.29 is 9.59 Å². The number of hydrogen-bond acceptors (Lipinski definition) is 3. The zero-order valence-corrected chi connectivity index (χ0v) is 13.4. The molecule has 0 fully saturated rings. The summed E-state index contributed by atoms with van der Waals surface area (Å²) in [5.74, 6) is -0.248. The van der Waals surface area contributed by atoms with E-state index in [1.54, 1.807) is 36.2 Å². The van der Waals surface area contributed by atoms with Crippen molar-refractivity contribution in [2.75, 3.05) is 25.5 Å². The number of halogens is 1. The minimum Gasteiger partial charge on any atom is -0.353 e. The van der Waals surface area contributed by atoms with E-state index in [-0.39, 0.29) is 30.9 Å². The molecule has 0 heterocycles. The molecular formula is C15H22ClN3O2. The molecule has 0 aliphatic rings. The number of carbonyl (C=O) groups excluding carboxylic acids is 2. The van der Waals surface area contributed by atoms with Crippen LogP contribution in [0.3, 0.4) is 0 Å². The Morgan fingerprint density at radius 2 is 1.76 bits per heavy atom. The van der Waals surface area contributed by atoms with E-state index in [1.165, 1.54) is 0 Å². The van der Waals surface area contributed by atoms with Crippen molar-refractivity contribution in [2.45, 2.75) is 26.3 Å². The maximum Gasteiger partial charge on any atom is 0.238 e. The minimum atomic E-state index is -0.170. The average Bonchev–Trinajstić information content (AvgIpc) is 2.40. The quantitative estimate of drug-likeness (QED) is 0.811. The number of rotatable bonds is 7. The van der Waals surface area contributed by atoms with Crippen LogP contribution in [0.4, 0.5) is 5.69 Å². The van der Waals surface area contributed by atoms with Gasteiger partial charge in [-0.3, -0.25) is 14.5 Å². The minimum absolute atomic E-state index is 0.0776. The van der Waals surface area contributed by atoms with E-state index in [2.05, 4.69) is 10.6 Å². The lowest BCUT2D eigenvalue weighted by atomic mass is 10.2. The fourth-order valence-electron chi connectivity index (χ4n) is 1.70. The van der Waals surface area contributed by atoms with Crippen molar-refractivity contribution in [1.82, 2.24) is 10.2 Å². The van der Waals surface area contributed by atoms with Crippen LogP contribution in [0.25, 0.3) is 0 Å². The van der Waals surface area contributed by atoms with Crippen molar-refractivity contribution in [2.24, 2.45) is 0 Å². The molecule has 116 valence electrons. The number of anilines is 1. The van der Waals surface area contributed by atoms with Gasteiger partial charge in [-0.1, -0.05) is 18.5 Å². The normalized spacial score (nSPS) is 12.0. The summed E-state index contributed by atoms with van der Waals surface area (Å²) in [5, 5.41) is 6.23. The topological polar surface area (TPSA) is 61.4 Å². The Balaban J connectivity index is 2.36. The summed E-state index contributed by atoms with van der Waals surface area (Å²) in [6.07, 6.45) is 0.881. The molecule has 0 spiro atoms. The zero-order chi connectivity index (χ0) is 15.8. The summed E-state index contributed by atoms with van der Waals surface area (Å²) in [4.78, 5) is 25.2. The van der Waals surface area contributed by atoms with Gasteiger partial charge in [0.2, 0.25) is 11.8 Å². The highest BCUT2D eigenvalue weighted by atomic mass is 35.5. The first-order chi connectivity index (χ1) is 9.90. The molecule has 1 atom stereocenters. The molecule has 1 rings (SSSR count). The molecular weight excluding hydrogens is 290 g/mol. The van der Waals surface area contributed by atoms with E-state index >= 15 is 0 Å². The zero-order valence-electron chi connectivity index (χ0n) is 12.6. The van der Waals surface area contributed by atoms with Crippen LogP contribution in [0.5, 0.6) is 0 Å². The predicted molar refractivity (Wildman–Crippen MR) is 85.5 cm³/mol.